The largest absolute Gasteiger partial charge is 0.357 e. The minimum Gasteiger partial charge on any atom is -0.357 e. The zero-order valence-corrected chi connectivity index (χ0v) is 21.3. The van der Waals surface area contributed by atoms with E-state index in [1.54, 1.807) is 0 Å². The highest BCUT2D eigenvalue weighted by Crippen LogP contribution is 2.43. The van der Waals surface area contributed by atoms with E-state index in [2.05, 4.69) is 66.1 Å². The molecule has 4 rings (SSSR count). The van der Waals surface area contributed by atoms with Gasteiger partial charge >= 0.3 is 0 Å². The summed E-state index contributed by atoms with van der Waals surface area (Å²) in [6, 6.07) is 19.2. The van der Waals surface area contributed by atoms with E-state index < -0.39 is 0 Å². The Kier molecular flexibility index (Phi) is 8.96. The van der Waals surface area contributed by atoms with Crippen molar-refractivity contribution in [2.45, 2.75) is 57.5 Å². The molecule has 1 aliphatic carbocycles. The second-order valence-corrected chi connectivity index (χ2v) is 8.74. The molecule has 0 spiro atoms. The van der Waals surface area contributed by atoms with Crippen molar-refractivity contribution in [3.05, 3.63) is 71.3 Å². The van der Waals surface area contributed by atoms with Gasteiger partial charge in [0.25, 0.3) is 0 Å². The maximum Gasteiger partial charge on any atom is 0.222 e. The second kappa shape index (κ2) is 11.7. The average molecular weight is 546 g/mol. The van der Waals surface area contributed by atoms with Crippen LogP contribution in [0.4, 0.5) is 0 Å². The van der Waals surface area contributed by atoms with Crippen LogP contribution < -0.4 is 10.6 Å². The van der Waals surface area contributed by atoms with Gasteiger partial charge in [-0.25, -0.2) is 4.99 Å². The smallest absolute Gasteiger partial charge is 0.222 e. The predicted molar refractivity (Wildman–Crippen MR) is 141 cm³/mol. The maximum atomic E-state index is 12.0. The van der Waals surface area contributed by atoms with E-state index in [0.717, 1.165) is 32.0 Å². The van der Waals surface area contributed by atoms with Crippen LogP contribution in [-0.4, -0.2) is 36.4 Å². The normalized spacial score (nSPS) is 17.5. The molecule has 0 aromatic heterocycles. The number of nitrogens with zero attached hydrogens (tertiary/aromatic N) is 2. The molecular weight excluding hydrogens is 511 g/mol. The molecule has 1 aliphatic heterocycles. The molecule has 6 heteroatoms. The first kappa shape index (κ1) is 24.6. The van der Waals surface area contributed by atoms with Gasteiger partial charge in [0, 0.05) is 38.0 Å². The van der Waals surface area contributed by atoms with Crippen LogP contribution in [-0.2, 0) is 23.3 Å². The quantitative estimate of drug-likeness (QED) is 0.289. The van der Waals surface area contributed by atoms with Crippen molar-refractivity contribution in [2.24, 2.45) is 4.99 Å². The number of hydrogen-bond donors (Lipinski definition) is 2. The Bertz CT molecular complexity index is 911. The van der Waals surface area contributed by atoms with E-state index in [-0.39, 0.29) is 35.3 Å². The van der Waals surface area contributed by atoms with Gasteiger partial charge < -0.3 is 15.5 Å². The Hall–Kier alpha value is -2.09. The Morgan fingerprint density at radius 2 is 1.72 bits per heavy atom. The summed E-state index contributed by atoms with van der Waals surface area (Å²) < 4.78 is 0. The summed E-state index contributed by atoms with van der Waals surface area (Å²) in [4.78, 5) is 18.9. The van der Waals surface area contributed by atoms with Crippen molar-refractivity contribution in [2.75, 3.05) is 19.6 Å². The number of aliphatic imine (C=N–C) groups is 1. The van der Waals surface area contributed by atoms with E-state index in [1.165, 1.54) is 36.0 Å². The number of rotatable bonds is 8. The predicted octanol–water partition coefficient (Wildman–Crippen LogP) is 4.60. The number of guanidine groups is 1. The number of carbonyl (C=O) groups excluding carboxylic acids is 1. The molecule has 172 valence electrons. The van der Waals surface area contributed by atoms with Crippen molar-refractivity contribution < 1.29 is 4.79 Å². The van der Waals surface area contributed by atoms with Gasteiger partial charge in [-0.3, -0.25) is 4.79 Å². The van der Waals surface area contributed by atoms with Gasteiger partial charge in [0.2, 0.25) is 5.91 Å². The lowest BCUT2D eigenvalue weighted by atomic mass is 9.64. The van der Waals surface area contributed by atoms with Crippen LogP contribution in [0.1, 0.15) is 55.7 Å². The minimum absolute atomic E-state index is 0. The second-order valence-electron chi connectivity index (χ2n) is 8.74. The van der Waals surface area contributed by atoms with Crippen LogP contribution in [0.25, 0.3) is 0 Å². The molecule has 1 saturated carbocycles. The van der Waals surface area contributed by atoms with Crippen LogP contribution in [0.5, 0.6) is 0 Å². The summed E-state index contributed by atoms with van der Waals surface area (Å²) in [5.74, 6) is 1.12. The highest BCUT2D eigenvalue weighted by Gasteiger charge is 2.38. The fraction of sp³-hybridized carbons (Fsp3) is 0.462. The number of likely N-dealkylation sites (tertiary alicyclic amines) is 1. The fourth-order valence-electron chi connectivity index (χ4n) is 4.66. The number of halogens is 1. The first-order valence-corrected chi connectivity index (χ1v) is 11.6. The van der Waals surface area contributed by atoms with Gasteiger partial charge in [-0.05, 0) is 42.9 Å². The lowest BCUT2D eigenvalue weighted by Gasteiger charge is -2.43. The molecule has 2 aromatic rings. The first-order valence-electron chi connectivity index (χ1n) is 11.6. The standard InChI is InChI=1S/C26H34N4O.HI/c1-2-27-25(29-20-26(15-9-16-26)23-12-4-3-5-13-23)28-18-21-10-6-7-11-22(21)19-30-17-8-14-24(30)31;/h3-7,10-13H,2,8-9,14-20H2,1H3,(H2,27,28,29);1H. The molecule has 32 heavy (non-hydrogen) atoms. The van der Waals surface area contributed by atoms with E-state index in [4.69, 9.17) is 4.99 Å². The molecule has 2 aromatic carbocycles. The first-order chi connectivity index (χ1) is 15.2. The zero-order valence-electron chi connectivity index (χ0n) is 19.0. The number of carbonyl (C=O) groups is 1. The highest BCUT2D eigenvalue weighted by atomic mass is 127. The van der Waals surface area contributed by atoms with Gasteiger partial charge in [-0.2, -0.15) is 0 Å². The van der Waals surface area contributed by atoms with Gasteiger partial charge in [0.1, 0.15) is 0 Å². The molecule has 1 amide bonds. The fourth-order valence-corrected chi connectivity index (χ4v) is 4.66. The molecular formula is C26H35IN4O. The molecule has 0 atom stereocenters. The Labute approximate surface area is 209 Å². The van der Waals surface area contributed by atoms with Crippen molar-refractivity contribution in [1.82, 2.24) is 15.5 Å². The van der Waals surface area contributed by atoms with Gasteiger partial charge in [0.05, 0.1) is 6.54 Å². The maximum absolute atomic E-state index is 12.0. The van der Waals surface area contributed by atoms with Gasteiger partial charge in [-0.1, -0.05) is 61.0 Å². The molecule has 5 nitrogen and oxygen atoms in total. The SMILES string of the molecule is CCNC(=NCc1ccccc1CN1CCCC1=O)NCC1(c2ccccc2)CCC1.I. The molecule has 0 radical (unpaired) electrons. The van der Waals surface area contributed by atoms with Crippen LogP contribution >= 0.6 is 24.0 Å². The third-order valence-corrected chi connectivity index (χ3v) is 6.69. The molecule has 1 heterocycles. The summed E-state index contributed by atoms with van der Waals surface area (Å²) in [6.45, 7) is 5.97. The number of hydrogen-bond acceptors (Lipinski definition) is 2. The number of nitrogens with one attached hydrogen (secondary N) is 2. The van der Waals surface area contributed by atoms with Crippen LogP contribution in [0.3, 0.4) is 0 Å². The van der Waals surface area contributed by atoms with Gasteiger partial charge in [-0.15, -0.1) is 24.0 Å². The summed E-state index contributed by atoms with van der Waals surface area (Å²) in [7, 11) is 0. The van der Waals surface area contributed by atoms with Crippen molar-refractivity contribution in [1.29, 1.82) is 0 Å². The van der Waals surface area contributed by atoms with Crippen molar-refractivity contribution in [3.8, 4) is 0 Å². The molecule has 0 unspecified atom stereocenters. The van der Waals surface area contributed by atoms with E-state index >= 15 is 0 Å². The Morgan fingerprint density at radius 1 is 1.00 bits per heavy atom. The van der Waals surface area contributed by atoms with Crippen molar-refractivity contribution >= 4 is 35.8 Å². The third-order valence-electron chi connectivity index (χ3n) is 6.69. The number of benzene rings is 2. The molecule has 2 fully saturated rings. The molecule has 1 saturated heterocycles. The molecule has 0 bridgehead atoms. The summed E-state index contributed by atoms with van der Waals surface area (Å²) in [5.41, 5.74) is 4.01. The van der Waals surface area contributed by atoms with Gasteiger partial charge in [0.15, 0.2) is 5.96 Å². The average Bonchev–Trinajstić information content (AvgIpc) is 3.17. The molecule has 2 N–H and O–H groups in total. The minimum atomic E-state index is 0. The van der Waals surface area contributed by atoms with Crippen LogP contribution in [0, 0.1) is 0 Å². The zero-order chi connectivity index (χ0) is 21.5. The Morgan fingerprint density at radius 3 is 2.34 bits per heavy atom. The summed E-state index contributed by atoms with van der Waals surface area (Å²) >= 11 is 0. The lowest BCUT2D eigenvalue weighted by molar-refractivity contribution is -0.128. The highest BCUT2D eigenvalue weighted by molar-refractivity contribution is 14.0. The topological polar surface area (TPSA) is 56.7 Å². The van der Waals surface area contributed by atoms with Crippen molar-refractivity contribution in [3.63, 3.8) is 0 Å². The monoisotopic (exact) mass is 546 g/mol. The Balaban J connectivity index is 0.00000289. The van der Waals surface area contributed by atoms with E-state index in [0.29, 0.717) is 19.5 Å². The lowest BCUT2D eigenvalue weighted by Crippen LogP contribution is -2.48. The van der Waals surface area contributed by atoms with Crippen LogP contribution in [0.2, 0.25) is 0 Å². The summed E-state index contributed by atoms with van der Waals surface area (Å²) in [6.07, 6.45) is 5.37. The van der Waals surface area contributed by atoms with E-state index in [9.17, 15) is 4.79 Å². The van der Waals surface area contributed by atoms with Crippen LogP contribution in [0.15, 0.2) is 59.6 Å². The molecule has 2 aliphatic rings. The number of amides is 1. The summed E-state index contributed by atoms with van der Waals surface area (Å²) in [5, 5.41) is 7.01. The van der Waals surface area contributed by atoms with E-state index in [1.807, 2.05) is 11.0 Å². The third kappa shape index (κ3) is 5.82.